The average molecular weight is 155 g/mol. The predicted molar refractivity (Wildman–Crippen MR) is 47.6 cm³/mol. The van der Waals surface area contributed by atoms with E-state index in [1.54, 1.807) is 6.08 Å². The van der Waals surface area contributed by atoms with Crippen LogP contribution in [0.15, 0.2) is 11.6 Å². The second-order valence-corrected chi connectivity index (χ2v) is 3.22. The maximum atomic E-state index is 11.0. The van der Waals surface area contributed by atoms with Gasteiger partial charge in [0.05, 0.1) is 6.54 Å². The van der Waals surface area contributed by atoms with E-state index in [1.165, 1.54) is 0 Å². The fraction of sp³-hybridized carbons (Fsp3) is 0.667. The molecule has 0 amide bonds. The lowest BCUT2D eigenvalue weighted by atomic mass is 10.2. The summed E-state index contributed by atoms with van der Waals surface area (Å²) in [4.78, 5) is 11.0. The first-order valence-corrected chi connectivity index (χ1v) is 3.93. The van der Waals surface area contributed by atoms with Gasteiger partial charge >= 0.3 is 0 Å². The molecule has 0 saturated carbocycles. The molecule has 0 aliphatic heterocycles. The van der Waals surface area contributed by atoms with Gasteiger partial charge in [-0.1, -0.05) is 19.4 Å². The maximum Gasteiger partial charge on any atom is 0.169 e. The van der Waals surface area contributed by atoms with Gasteiger partial charge in [-0.2, -0.15) is 0 Å². The van der Waals surface area contributed by atoms with E-state index in [1.807, 2.05) is 27.7 Å². The van der Waals surface area contributed by atoms with Crippen LogP contribution in [-0.2, 0) is 4.79 Å². The van der Waals surface area contributed by atoms with Crippen molar-refractivity contribution in [2.75, 3.05) is 6.54 Å². The second kappa shape index (κ2) is 5.08. The lowest BCUT2D eigenvalue weighted by Crippen LogP contribution is -2.28. The van der Waals surface area contributed by atoms with Crippen molar-refractivity contribution in [2.45, 2.75) is 33.7 Å². The SMILES string of the molecule is CC(C)=CC(=O)CNC(C)C. The monoisotopic (exact) mass is 155 g/mol. The van der Waals surface area contributed by atoms with Crippen molar-refractivity contribution in [1.82, 2.24) is 5.32 Å². The number of ketones is 1. The molecule has 0 rings (SSSR count). The highest BCUT2D eigenvalue weighted by Crippen LogP contribution is 1.88. The number of nitrogens with one attached hydrogen (secondary N) is 1. The smallest absolute Gasteiger partial charge is 0.169 e. The van der Waals surface area contributed by atoms with E-state index in [2.05, 4.69) is 5.32 Å². The number of rotatable bonds is 4. The second-order valence-electron chi connectivity index (χ2n) is 3.22. The van der Waals surface area contributed by atoms with Crippen molar-refractivity contribution in [2.24, 2.45) is 0 Å². The van der Waals surface area contributed by atoms with Crippen molar-refractivity contribution in [3.05, 3.63) is 11.6 Å². The molecule has 0 aromatic rings. The summed E-state index contributed by atoms with van der Waals surface area (Å²) in [6.07, 6.45) is 1.66. The molecule has 0 atom stereocenters. The molecule has 0 fully saturated rings. The first kappa shape index (κ1) is 10.4. The summed E-state index contributed by atoms with van der Waals surface area (Å²) >= 11 is 0. The summed E-state index contributed by atoms with van der Waals surface area (Å²) in [7, 11) is 0. The number of carbonyl (C=O) groups excluding carboxylic acids is 1. The van der Waals surface area contributed by atoms with Crippen LogP contribution in [0.1, 0.15) is 27.7 Å². The van der Waals surface area contributed by atoms with Crippen molar-refractivity contribution in [3.63, 3.8) is 0 Å². The molecule has 0 spiro atoms. The topological polar surface area (TPSA) is 29.1 Å². The number of hydrogen-bond donors (Lipinski definition) is 1. The average Bonchev–Trinajstić information content (AvgIpc) is 1.82. The van der Waals surface area contributed by atoms with Gasteiger partial charge in [-0.15, -0.1) is 0 Å². The summed E-state index contributed by atoms with van der Waals surface area (Å²) < 4.78 is 0. The minimum atomic E-state index is 0.152. The molecule has 0 aliphatic carbocycles. The van der Waals surface area contributed by atoms with Crippen molar-refractivity contribution >= 4 is 5.78 Å². The lowest BCUT2D eigenvalue weighted by molar-refractivity contribution is -0.114. The predicted octanol–water partition coefficient (Wildman–Crippen LogP) is 1.52. The zero-order chi connectivity index (χ0) is 8.85. The maximum absolute atomic E-state index is 11.0. The highest BCUT2D eigenvalue weighted by Gasteiger charge is 1.97. The fourth-order valence-electron chi connectivity index (χ4n) is 0.678. The molecule has 11 heavy (non-hydrogen) atoms. The van der Waals surface area contributed by atoms with Gasteiger partial charge < -0.3 is 5.32 Å². The number of allylic oxidation sites excluding steroid dienone is 1. The molecule has 0 saturated heterocycles. The molecule has 0 aliphatic rings. The normalized spacial score (nSPS) is 9.91. The Labute approximate surface area is 68.7 Å². The minimum Gasteiger partial charge on any atom is -0.307 e. The third-order valence-corrected chi connectivity index (χ3v) is 1.13. The van der Waals surface area contributed by atoms with Crippen LogP contribution in [0.2, 0.25) is 0 Å². The third-order valence-electron chi connectivity index (χ3n) is 1.13. The fourth-order valence-corrected chi connectivity index (χ4v) is 0.678. The Morgan fingerprint density at radius 1 is 1.45 bits per heavy atom. The van der Waals surface area contributed by atoms with E-state index >= 15 is 0 Å². The van der Waals surface area contributed by atoms with Crippen molar-refractivity contribution < 1.29 is 4.79 Å². The van der Waals surface area contributed by atoms with E-state index in [0.717, 1.165) is 5.57 Å². The minimum absolute atomic E-state index is 0.152. The standard InChI is InChI=1S/C9H17NO/c1-7(2)5-9(11)6-10-8(3)4/h5,8,10H,6H2,1-4H3. The summed E-state index contributed by atoms with van der Waals surface area (Å²) in [6, 6.07) is 0.379. The number of carbonyl (C=O) groups is 1. The molecule has 0 bridgehead atoms. The molecular weight excluding hydrogens is 138 g/mol. The Hall–Kier alpha value is -0.630. The Bertz CT molecular complexity index is 155. The van der Waals surface area contributed by atoms with Gasteiger partial charge in [-0.25, -0.2) is 0 Å². The Kier molecular flexibility index (Phi) is 4.79. The van der Waals surface area contributed by atoms with Gasteiger partial charge in [0.25, 0.3) is 0 Å². The molecule has 0 radical (unpaired) electrons. The summed E-state index contributed by atoms with van der Waals surface area (Å²) in [5, 5.41) is 3.06. The molecule has 0 heterocycles. The van der Waals surface area contributed by atoms with Crippen LogP contribution in [0.3, 0.4) is 0 Å². The largest absolute Gasteiger partial charge is 0.307 e. The van der Waals surface area contributed by atoms with Crippen LogP contribution in [0, 0.1) is 0 Å². The molecule has 64 valence electrons. The van der Waals surface area contributed by atoms with Gasteiger partial charge in [-0.3, -0.25) is 4.79 Å². The van der Waals surface area contributed by atoms with Crippen LogP contribution >= 0.6 is 0 Å². The molecule has 0 unspecified atom stereocenters. The Morgan fingerprint density at radius 2 is 2.00 bits per heavy atom. The van der Waals surface area contributed by atoms with Crippen LogP contribution in [0.4, 0.5) is 0 Å². The summed E-state index contributed by atoms with van der Waals surface area (Å²) in [5.74, 6) is 0.152. The zero-order valence-corrected chi connectivity index (χ0v) is 7.77. The van der Waals surface area contributed by atoms with E-state index in [9.17, 15) is 4.79 Å². The van der Waals surface area contributed by atoms with Crippen LogP contribution in [-0.4, -0.2) is 18.4 Å². The van der Waals surface area contributed by atoms with E-state index < -0.39 is 0 Å². The molecular formula is C9H17NO. The first-order chi connectivity index (χ1) is 5.02. The summed E-state index contributed by atoms with van der Waals surface area (Å²) in [6.45, 7) is 8.34. The first-order valence-electron chi connectivity index (χ1n) is 3.93. The molecule has 2 nitrogen and oxygen atoms in total. The lowest BCUT2D eigenvalue weighted by Gasteiger charge is -2.04. The van der Waals surface area contributed by atoms with Crippen LogP contribution in [0.5, 0.6) is 0 Å². The summed E-state index contributed by atoms with van der Waals surface area (Å²) in [5.41, 5.74) is 1.06. The third kappa shape index (κ3) is 7.26. The van der Waals surface area contributed by atoms with Crippen molar-refractivity contribution in [3.8, 4) is 0 Å². The van der Waals surface area contributed by atoms with Gasteiger partial charge in [0, 0.05) is 6.04 Å². The molecule has 0 aromatic carbocycles. The van der Waals surface area contributed by atoms with E-state index in [4.69, 9.17) is 0 Å². The highest BCUT2D eigenvalue weighted by molar-refractivity contribution is 5.91. The number of hydrogen-bond acceptors (Lipinski definition) is 2. The van der Waals surface area contributed by atoms with Gasteiger partial charge in [0.1, 0.15) is 0 Å². The molecule has 2 heteroatoms. The Morgan fingerprint density at radius 3 is 2.36 bits per heavy atom. The van der Waals surface area contributed by atoms with E-state index in [0.29, 0.717) is 12.6 Å². The zero-order valence-electron chi connectivity index (χ0n) is 7.77. The quantitative estimate of drug-likeness (QED) is 0.624. The van der Waals surface area contributed by atoms with Crippen molar-refractivity contribution in [1.29, 1.82) is 0 Å². The Balaban J connectivity index is 3.63. The van der Waals surface area contributed by atoms with Crippen LogP contribution < -0.4 is 5.32 Å². The molecule has 0 aromatic heterocycles. The van der Waals surface area contributed by atoms with Gasteiger partial charge in [0.15, 0.2) is 5.78 Å². The van der Waals surface area contributed by atoms with Gasteiger partial charge in [0.2, 0.25) is 0 Å². The van der Waals surface area contributed by atoms with Crippen LogP contribution in [0.25, 0.3) is 0 Å². The highest BCUT2D eigenvalue weighted by atomic mass is 16.1. The van der Waals surface area contributed by atoms with Gasteiger partial charge in [-0.05, 0) is 19.9 Å². The molecule has 1 N–H and O–H groups in total. The van der Waals surface area contributed by atoms with E-state index in [-0.39, 0.29) is 5.78 Å².